The number of nitrogens with zero attached hydrogens (tertiary/aromatic N) is 1. The van der Waals surface area contributed by atoms with Crippen molar-refractivity contribution in [1.29, 1.82) is 0 Å². The Morgan fingerprint density at radius 1 is 1.31 bits per heavy atom. The second kappa shape index (κ2) is 3.00. The van der Waals surface area contributed by atoms with Crippen molar-refractivity contribution < 1.29 is 0 Å². The van der Waals surface area contributed by atoms with Gasteiger partial charge < -0.3 is 4.57 Å². The summed E-state index contributed by atoms with van der Waals surface area (Å²) in [6.45, 7) is 0. The van der Waals surface area contributed by atoms with Gasteiger partial charge in [0.1, 0.15) is 0 Å². The first kappa shape index (κ1) is 8.51. The summed E-state index contributed by atoms with van der Waals surface area (Å²) in [4.78, 5) is 11.4. The van der Waals surface area contributed by atoms with Gasteiger partial charge in [-0.05, 0) is 22.0 Å². The molecule has 0 spiro atoms. The first-order valence-electron chi connectivity index (χ1n) is 3.94. The van der Waals surface area contributed by atoms with Gasteiger partial charge in [-0.2, -0.15) is 0 Å². The summed E-state index contributed by atoms with van der Waals surface area (Å²) < 4.78 is 2.49. The minimum Gasteiger partial charge on any atom is -0.311 e. The topological polar surface area (TPSA) is 22.0 Å². The molecule has 66 valence electrons. The van der Waals surface area contributed by atoms with Crippen LogP contribution in [0.1, 0.15) is 0 Å². The van der Waals surface area contributed by atoms with Gasteiger partial charge in [-0.1, -0.05) is 18.2 Å². The normalized spacial score (nSPS) is 10.6. The predicted octanol–water partition coefficient (Wildman–Crippen LogP) is 2.30. The Labute approximate surface area is 83.9 Å². The minimum absolute atomic E-state index is 0.00516. The van der Waals surface area contributed by atoms with Crippen molar-refractivity contribution in [3.8, 4) is 0 Å². The van der Waals surface area contributed by atoms with E-state index in [9.17, 15) is 4.79 Å². The summed E-state index contributed by atoms with van der Waals surface area (Å²) >= 11 is 3.37. The molecule has 0 aliphatic rings. The number of hydrogen-bond donors (Lipinski definition) is 0. The predicted molar refractivity (Wildman–Crippen MR) is 56.9 cm³/mol. The number of rotatable bonds is 0. The van der Waals surface area contributed by atoms with E-state index in [1.54, 1.807) is 17.7 Å². The molecule has 0 radical (unpaired) electrons. The fourth-order valence-corrected chi connectivity index (χ4v) is 1.90. The van der Waals surface area contributed by atoms with Gasteiger partial charge in [-0.15, -0.1) is 0 Å². The molecule has 1 aromatic carbocycles. The molecule has 0 fully saturated rings. The average molecular weight is 238 g/mol. The van der Waals surface area contributed by atoms with Crippen LogP contribution >= 0.6 is 15.9 Å². The van der Waals surface area contributed by atoms with Gasteiger partial charge >= 0.3 is 0 Å². The maximum absolute atomic E-state index is 11.4. The van der Waals surface area contributed by atoms with Gasteiger partial charge in [-0.3, -0.25) is 4.79 Å². The smallest absolute Gasteiger partial charge is 0.251 e. The molecule has 0 bridgehead atoms. The van der Waals surface area contributed by atoms with Gasteiger partial charge in [0.25, 0.3) is 5.56 Å². The SMILES string of the molecule is Cn1c(=O)cc(Br)c2ccccc21. The number of halogens is 1. The molecule has 0 aliphatic heterocycles. The van der Waals surface area contributed by atoms with Crippen molar-refractivity contribution >= 4 is 26.8 Å². The van der Waals surface area contributed by atoms with Crippen LogP contribution in [-0.4, -0.2) is 4.57 Å². The van der Waals surface area contributed by atoms with E-state index in [4.69, 9.17) is 0 Å². The zero-order valence-electron chi connectivity index (χ0n) is 7.12. The van der Waals surface area contributed by atoms with E-state index < -0.39 is 0 Å². The van der Waals surface area contributed by atoms with Gasteiger partial charge in [0.05, 0.1) is 5.52 Å². The third kappa shape index (κ3) is 1.29. The van der Waals surface area contributed by atoms with Crippen molar-refractivity contribution in [2.24, 2.45) is 7.05 Å². The number of benzene rings is 1. The first-order chi connectivity index (χ1) is 6.20. The highest BCUT2D eigenvalue weighted by atomic mass is 79.9. The molecular formula is C10H8BrNO. The van der Waals surface area contributed by atoms with E-state index in [1.807, 2.05) is 24.3 Å². The van der Waals surface area contributed by atoms with Crippen LogP contribution in [0.15, 0.2) is 39.6 Å². The monoisotopic (exact) mass is 237 g/mol. The molecule has 1 heterocycles. The fourth-order valence-electron chi connectivity index (χ4n) is 1.37. The Morgan fingerprint density at radius 2 is 2.00 bits per heavy atom. The first-order valence-corrected chi connectivity index (χ1v) is 4.74. The van der Waals surface area contributed by atoms with Crippen LogP contribution in [0.2, 0.25) is 0 Å². The number of fused-ring (bicyclic) bond motifs is 1. The van der Waals surface area contributed by atoms with E-state index in [0.29, 0.717) is 0 Å². The van der Waals surface area contributed by atoms with E-state index in [1.165, 1.54) is 0 Å². The van der Waals surface area contributed by atoms with Gasteiger partial charge in [0.15, 0.2) is 0 Å². The molecule has 2 rings (SSSR count). The van der Waals surface area contributed by atoms with Crippen LogP contribution in [0.4, 0.5) is 0 Å². The van der Waals surface area contributed by atoms with Crippen LogP contribution in [0.5, 0.6) is 0 Å². The number of aromatic nitrogens is 1. The number of hydrogen-bond acceptors (Lipinski definition) is 1. The number of pyridine rings is 1. The molecule has 13 heavy (non-hydrogen) atoms. The Kier molecular flexibility index (Phi) is 1.96. The van der Waals surface area contributed by atoms with Crippen molar-refractivity contribution in [2.45, 2.75) is 0 Å². The van der Waals surface area contributed by atoms with Crippen LogP contribution in [-0.2, 0) is 7.05 Å². The molecule has 0 N–H and O–H groups in total. The molecular weight excluding hydrogens is 230 g/mol. The number of para-hydroxylation sites is 1. The summed E-state index contributed by atoms with van der Waals surface area (Å²) in [6.07, 6.45) is 0. The molecule has 0 saturated heterocycles. The molecule has 3 heteroatoms. The van der Waals surface area contributed by atoms with Gasteiger partial charge in [0.2, 0.25) is 0 Å². The van der Waals surface area contributed by atoms with Crippen molar-refractivity contribution in [2.75, 3.05) is 0 Å². The minimum atomic E-state index is 0.00516. The molecule has 0 unspecified atom stereocenters. The van der Waals surface area contributed by atoms with Gasteiger partial charge in [0, 0.05) is 23.0 Å². The molecule has 0 atom stereocenters. The third-order valence-electron chi connectivity index (χ3n) is 2.10. The highest BCUT2D eigenvalue weighted by molar-refractivity contribution is 9.10. The number of aryl methyl sites for hydroxylation is 1. The third-order valence-corrected chi connectivity index (χ3v) is 2.76. The Balaban J connectivity index is 3.06. The highest BCUT2D eigenvalue weighted by Crippen LogP contribution is 2.20. The lowest BCUT2D eigenvalue weighted by Gasteiger charge is -2.04. The van der Waals surface area contributed by atoms with Crippen LogP contribution < -0.4 is 5.56 Å². The molecule has 2 aromatic rings. The van der Waals surface area contributed by atoms with Gasteiger partial charge in [-0.25, -0.2) is 0 Å². The van der Waals surface area contributed by atoms with E-state index >= 15 is 0 Å². The lowest BCUT2D eigenvalue weighted by atomic mass is 10.2. The molecule has 0 aliphatic carbocycles. The Hall–Kier alpha value is -1.09. The Morgan fingerprint density at radius 3 is 2.77 bits per heavy atom. The van der Waals surface area contributed by atoms with E-state index in [-0.39, 0.29) is 5.56 Å². The second-order valence-corrected chi connectivity index (χ2v) is 3.76. The standard InChI is InChI=1S/C10H8BrNO/c1-12-9-5-3-2-4-7(9)8(11)6-10(12)13/h2-6H,1H3. The summed E-state index contributed by atoms with van der Waals surface area (Å²) in [5.41, 5.74) is 0.951. The summed E-state index contributed by atoms with van der Waals surface area (Å²) in [5, 5.41) is 1.06. The zero-order valence-corrected chi connectivity index (χ0v) is 8.71. The van der Waals surface area contributed by atoms with Crippen molar-refractivity contribution in [1.82, 2.24) is 4.57 Å². The summed E-state index contributed by atoms with van der Waals surface area (Å²) in [5.74, 6) is 0. The maximum Gasteiger partial charge on any atom is 0.251 e. The fraction of sp³-hybridized carbons (Fsp3) is 0.100. The summed E-state index contributed by atoms with van der Waals surface area (Å²) in [7, 11) is 1.77. The van der Waals surface area contributed by atoms with Crippen molar-refractivity contribution in [3.63, 3.8) is 0 Å². The molecule has 0 amide bonds. The van der Waals surface area contributed by atoms with E-state index in [2.05, 4.69) is 15.9 Å². The lowest BCUT2D eigenvalue weighted by molar-refractivity contribution is 0.904. The maximum atomic E-state index is 11.4. The quantitative estimate of drug-likeness (QED) is 0.690. The van der Waals surface area contributed by atoms with Crippen molar-refractivity contribution in [3.05, 3.63) is 45.2 Å². The van der Waals surface area contributed by atoms with Crippen LogP contribution in [0.25, 0.3) is 10.9 Å². The largest absolute Gasteiger partial charge is 0.311 e. The average Bonchev–Trinajstić information content (AvgIpc) is 2.15. The lowest BCUT2D eigenvalue weighted by Crippen LogP contribution is -2.15. The Bertz CT molecular complexity index is 516. The summed E-state index contributed by atoms with van der Waals surface area (Å²) in [6, 6.07) is 9.38. The second-order valence-electron chi connectivity index (χ2n) is 2.91. The molecule has 0 saturated carbocycles. The van der Waals surface area contributed by atoms with E-state index in [0.717, 1.165) is 15.4 Å². The van der Waals surface area contributed by atoms with Crippen LogP contribution in [0, 0.1) is 0 Å². The highest BCUT2D eigenvalue weighted by Gasteiger charge is 2.02. The van der Waals surface area contributed by atoms with Crippen LogP contribution in [0.3, 0.4) is 0 Å². The molecule has 2 nitrogen and oxygen atoms in total. The molecule has 1 aromatic heterocycles. The zero-order chi connectivity index (χ0) is 9.42.